The first-order valence-corrected chi connectivity index (χ1v) is 8.98. The monoisotopic (exact) mass is 438 g/mol. The molecule has 0 radical (unpaired) electrons. The lowest BCUT2D eigenvalue weighted by Crippen LogP contribution is -2.17. The summed E-state index contributed by atoms with van der Waals surface area (Å²) < 4.78 is 77.9. The molecular formula is C20H15F5N4O2. The van der Waals surface area contributed by atoms with Crippen molar-refractivity contribution < 1.29 is 31.4 Å². The summed E-state index contributed by atoms with van der Waals surface area (Å²) in [6.07, 6.45) is -1.80. The molecule has 0 amide bonds. The Kier molecular flexibility index (Phi) is 5.25. The van der Waals surface area contributed by atoms with E-state index in [2.05, 4.69) is 14.8 Å². The third kappa shape index (κ3) is 4.76. The molecule has 2 aromatic carbocycles. The molecule has 2 aromatic heterocycles. The van der Waals surface area contributed by atoms with Gasteiger partial charge >= 0.3 is 6.36 Å². The van der Waals surface area contributed by atoms with E-state index in [4.69, 9.17) is 4.74 Å². The first-order chi connectivity index (χ1) is 14.7. The number of aryl methyl sites for hydroxylation is 1. The normalized spacial score (nSPS) is 11.8. The Hall–Kier alpha value is -3.63. The van der Waals surface area contributed by atoms with Crippen molar-refractivity contribution in [2.45, 2.75) is 19.5 Å². The number of imidazole rings is 1. The molecule has 4 rings (SSSR count). The second kappa shape index (κ2) is 7.89. The van der Waals surface area contributed by atoms with Crippen LogP contribution in [0.15, 0.2) is 48.9 Å². The standard InChI is InChI=1S/C20H15F5N4O2/c1-28-5-4-13(27-28)10-30-19-8-18-17(7-16(19)22)26-11-29(18)9-12-2-3-14(6-15(12)21)31-20(23,24)25/h2-8,11H,9-10H2,1H3. The number of nitrogens with zero attached hydrogens (tertiary/aromatic N) is 4. The van der Waals surface area contributed by atoms with Gasteiger partial charge in [0.05, 0.1) is 29.6 Å². The van der Waals surface area contributed by atoms with Crippen molar-refractivity contribution in [3.05, 3.63) is 71.8 Å². The highest BCUT2D eigenvalue weighted by Crippen LogP contribution is 2.28. The summed E-state index contributed by atoms with van der Waals surface area (Å²) in [6.45, 7) is 0.00659. The molecule has 0 spiro atoms. The molecule has 4 aromatic rings. The number of rotatable bonds is 6. The van der Waals surface area contributed by atoms with Crippen molar-refractivity contribution in [1.29, 1.82) is 0 Å². The van der Waals surface area contributed by atoms with Gasteiger partial charge in [0.2, 0.25) is 0 Å². The molecular weight excluding hydrogens is 423 g/mol. The fraction of sp³-hybridized carbons (Fsp3) is 0.200. The molecule has 0 saturated heterocycles. The Balaban J connectivity index is 1.57. The number of hydrogen-bond acceptors (Lipinski definition) is 4. The highest BCUT2D eigenvalue weighted by atomic mass is 19.4. The van der Waals surface area contributed by atoms with E-state index in [9.17, 15) is 22.0 Å². The minimum atomic E-state index is -4.91. The van der Waals surface area contributed by atoms with E-state index in [1.165, 1.54) is 29.1 Å². The van der Waals surface area contributed by atoms with Crippen molar-refractivity contribution in [2.75, 3.05) is 0 Å². The predicted octanol–water partition coefficient (Wildman–Crippen LogP) is 4.57. The SMILES string of the molecule is Cn1ccc(COc2cc3c(cc2F)ncn3Cc2ccc(OC(F)(F)F)cc2F)n1. The van der Waals surface area contributed by atoms with Crippen LogP contribution in [0.2, 0.25) is 0 Å². The maximum absolute atomic E-state index is 14.3. The van der Waals surface area contributed by atoms with Gasteiger partial charge in [-0.25, -0.2) is 13.8 Å². The summed E-state index contributed by atoms with van der Waals surface area (Å²) >= 11 is 0. The molecule has 0 bridgehead atoms. The van der Waals surface area contributed by atoms with Gasteiger partial charge in [0.15, 0.2) is 11.6 Å². The van der Waals surface area contributed by atoms with E-state index in [0.29, 0.717) is 22.8 Å². The minimum absolute atomic E-state index is 0.0331. The van der Waals surface area contributed by atoms with Gasteiger partial charge in [0, 0.05) is 37.0 Å². The molecule has 0 aliphatic carbocycles. The van der Waals surface area contributed by atoms with Gasteiger partial charge in [-0.1, -0.05) is 6.07 Å². The average Bonchev–Trinajstić information content (AvgIpc) is 3.26. The highest BCUT2D eigenvalue weighted by Gasteiger charge is 2.31. The highest BCUT2D eigenvalue weighted by molar-refractivity contribution is 5.77. The lowest BCUT2D eigenvalue weighted by atomic mass is 10.2. The topological polar surface area (TPSA) is 54.1 Å². The molecule has 11 heteroatoms. The summed E-state index contributed by atoms with van der Waals surface area (Å²) in [6, 6.07) is 7.21. The number of ether oxygens (including phenoxy) is 2. The molecule has 6 nitrogen and oxygen atoms in total. The molecule has 162 valence electrons. The summed E-state index contributed by atoms with van der Waals surface area (Å²) in [7, 11) is 1.75. The van der Waals surface area contributed by atoms with Crippen molar-refractivity contribution in [3.63, 3.8) is 0 Å². The zero-order valence-corrected chi connectivity index (χ0v) is 16.0. The van der Waals surface area contributed by atoms with Gasteiger partial charge in [-0.15, -0.1) is 13.2 Å². The first kappa shape index (κ1) is 20.6. The predicted molar refractivity (Wildman–Crippen MR) is 99.4 cm³/mol. The van der Waals surface area contributed by atoms with Crippen LogP contribution >= 0.6 is 0 Å². The summed E-state index contributed by atoms with van der Waals surface area (Å²) in [4.78, 5) is 4.09. The lowest BCUT2D eigenvalue weighted by molar-refractivity contribution is -0.274. The van der Waals surface area contributed by atoms with Crippen molar-refractivity contribution in [2.24, 2.45) is 7.05 Å². The number of fused-ring (bicyclic) bond motifs is 1. The van der Waals surface area contributed by atoms with E-state index in [0.717, 1.165) is 6.07 Å². The fourth-order valence-corrected chi connectivity index (χ4v) is 3.03. The number of halogens is 5. The van der Waals surface area contributed by atoms with Gasteiger partial charge in [0.25, 0.3) is 0 Å². The Labute approximate surface area is 172 Å². The molecule has 0 aliphatic rings. The van der Waals surface area contributed by atoms with Crippen LogP contribution in [0.25, 0.3) is 11.0 Å². The molecule has 0 saturated carbocycles. The van der Waals surface area contributed by atoms with Gasteiger partial charge < -0.3 is 14.0 Å². The molecule has 0 unspecified atom stereocenters. The van der Waals surface area contributed by atoms with Crippen molar-refractivity contribution >= 4 is 11.0 Å². The van der Waals surface area contributed by atoms with Crippen LogP contribution in [0, 0.1) is 11.6 Å². The van der Waals surface area contributed by atoms with Crippen LogP contribution in [0.5, 0.6) is 11.5 Å². The number of benzene rings is 2. The Morgan fingerprint density at radius 2 is 1.84 bits per heavy atom. The van der Waals surface area contributed by atoms with Crippen LogP contribution < -0.4 is 9.47 Å². The Morgan fingerprint density at radius 1 is 1.03 bits per heavy atom. The van der Waals surface area contributed by atoms with E-state index >= 15 is 0 Å². The maximum atomic E-state index is 14.3. The molecule has 0 atom stereocenters. The summed E-state index contributed by atoms with van der Waals surface area (Å²) in [5.74, 6) is -2.18. The van der Waals surface area contributed by atoms with Crippen molar-refractivity contribution in [3.8, 4) is 11.5 Å². The number of aromatic nitrogens is 4. The smallest absolute Gasteiger partial charge is 0.484 e. The fourth-order valence-electron chi connectivity index (χ4n) is 3.03. The summed E-state index contributed by atoms with van der Waals surface area (Å²) in [5, 5.41) is 4.15. The second-order valence-electron chi connectivity index (χ2n) is 6.71. The van der Waals surface area contributed by atoms with Gasteiger partial charge in [0.1, 0.15) is 18.2 Å². The average molecular weight is 438 g/mol. The first-order valence-electron chi connectivity index (χ1n) is 8.98. The Bertz CT molecular complexity index is 1230. The minimum Gasteiger partial charge on any atom is -0.484 e. The van der Waals surface area contributed by atoms with E-state index in [1.807, 2.05) is 0 Å². The largest absolute Gasteiger partial charge is 0.573 e. The molecule has 31 heavy (non-hydrogen) atoms. The zero-order valence-electron chi connectivity index (χ0n) is 16.0. The van der Waals surface area contributed by atoms with Crippen LogP contribution in [0.4, 0.5) is 22.0 Å². The van der Waals surface area contributed by atoms with Crippen LogP contribution in [-0.4, -0.2) is 25.7 Å². The molecule has 0 N–H and O–H groups in total. The van der Waals surface area contributed by atoms with Crippen molar-refractivity contribution in [1.82, 2.24) is 19.3 Å². The second-order valence-corrected chi connectivity index (χ2v) is 6.71. The lowest BCUT2D eigenvalue weighted by Gasteiger charge is -2.11. The van der Waals surface area contributed by atoms with Crippen LogP contribution in [-0.2, 0) is 20.2 Å². The number of hydrogen-bond donors (Lipinski definition) is 0. The number of alkyl halides is 3. The molecule has 0 aliphatic heterocycles. The van der Waals surface area contributed by atoms with E-state index in [1.54, 1.807) is 24.0 Å². The molecule has 2 heterocycles. The third-order valence-corrected chi connectivity index (χ3v) is 4.42. The summed E-state index contributed by atoms with van der Waals surface area (Å²) in [5.41, 5.74) is 1.50. The van der Waals surface area contributed by atoms with Crippen LogP contribution in [0.3, 0.4) is 0 Å². The van der Waals surface area contributed by atoms with Gasteiger partial charge in [-0.2, -0.15) is 5.10 Å². The Morgan fingerprint density at radius 3 is 2.52 bits per heavy atom. The van der Waals surface area contributed by atoms with Gasteiger partial charge in [-0.3, -0.25) is 4.68 Å². The maximum Gasteiger partial charge on any atom is 0.573 e. The quantitative estimate of drug-likeness (QED) is 0.414. The van der Waals surface area contributed by atoms with E-state index < -0.39 is 23.7 Å². The zero-order chi connectivity index (χ0) is 22.2. The van der Waals surface area contributed by atoms with Crippen LogP contribution in [0.1, 0.15) is 11.3 Å². The third-order valence-electron chi connectivity index (χ3n) is 4.42. The van der Waals surface area contributed by atoms with E-state index in [-0.39, 0.29) is 24.5 Å². The van der Waals surface area contributed by atoms with Gasteiger partial charge in [-0.05, 0) is 12.1 Å². The molecule has 0 fully saturated rings.